The molecule has 10 heteroatoms. The summed E-state index contributed by atoms with van der Waals surface area (Å²) in [5.41, 5.74) is 0.549. The van der Waals surface area contributed by atoms with E-state index in [1.807, 2.05) is 66.0 Å². The molecule has 0 bridgehead atoms. The third-order valence-corrected chi connectivity index (χ3v) is 7.71. The van der Waals surface area contributed by atoms with E-state index in [-0.39, 0.29) is 6.04 Å². The number of nitrogens with one attached hydrogen (secondary N) is 1. The van der Waals surface area contributed by atoms with Crippen LogP contribution in [0, 0.1) is 0 Å². The summed E-state index contributed by atoms with van der Waals surface area (Å²) in [4.78, 5) is 29.2. The molecule has 7 nitrogen and oxygen atoms in total. The van der Waals surface area contributed by atoms with E-state index in [1.165, 1.54) is 11.5 Å². The minimum absolute atomic E-state index is 0.161. The molecule has 0 aliphatic rings. The van der Waals surface area contributed by atoms with Crippen LogP contribution < -0.4 is 10.2 Å². The average Bonchev–Trinajstić information content (AvgIpc) is 3.40. The fraction of sp³-hybridized carbons (Fsp3) is 0.480. The summed E-state index contributed by atoms with van der Waals surface area (Å²) in [6.45, 7) is 17.4. The van der Waals surface area contributed by atoms with Gasteiger partial charge in [0.15, 0.2) is 0 Å². The largest absolute Gasteiger partial charge is 0.444 e. The summed E-state index contributed by atoms with van der Waals surface area (Å²) in [5.74, 6) is 0. The highest BCUT2D eigenvalue weighted by atomic mass is 32.1. The predicted octanol–water partition coefficient (Wildman–Crippen LogP) is 7.46. The van der Waals surface area contributed by atoms with E-state index in [2.05, 4.69) is 16.3 Å². The Morgan fingerprint density at radius 2 is 1.89 bits per heavy atom. The average molecular weight is 536 g/mol. The van der Waals surface area contributed by atoms with Crippen LogP contribution in [0.25, 0.3) is 16.3 Å². The number of carbonyl (C=O) groups is 2. The highest BCUT2D eigenvalue weighted by molar-refractivity contribution is 7.25. The van der Waals surface area contributed by atoms with Gasteiger partial charge in [-0.25, -0.2) is 9.59 Å². The maximum atomic E-state index is 13.2. The molecule has 0 saturated heterocycles. The van der Waals surface area contributed by atoms with E-state index >= 15 is 0 Å². The van der Waals surface area contributed by atoms with Crippen LogP contribution in [-0.2, 0) is 22.4 Å². The normalized spacial score (nSPS) is 12.9. The van der Waals surface area contributed by atoms with Crippen molar-refractivity contribution in [1.82, 2.24) is 9.69 Å². The quantitative estimate of drug-likeness (QED) is 0.340. The van der Waals surface area contributed by atoms with Crippen molar-refractivity contribution in [3.8, 4) is 0 Å². The summed E-state index contributed by atoms with van der Waals surface area (Å²) in [5, 5.41) is 5.63. The zero-order valence-electron chi connectivity index (χ0n) is 21.3. The minimum Gasteiger partial charge on any atom is -0.444 e. The van der Waals surface area contributed by atoms with Crippen molar-refractivity contribution in [3.63, 3.8) is 0 Å². The molecule has 0 radical (unpaired) electrons. The second-order valence-electron chi connectivity index (χ2n) is 10.2. The Morgan fingerprint density at radius 3 is 2.46 bits per heavy atom. The van der Waals surface area contributed by atoms with E-state index in [4.69, 9.17) is 9.47 Å². The Hall–Kier alpha value is -2.43. The first kappa shape index (κ1) is 27.2. The fourth-order valence-electron chi connectivity index (χ4n) is 3.31. The number of nitrogens with zero attached hydrogens (tertiary/aromatic N) is 2. The van der Waals surface area contributed by atoms with Gasteiger partial charge in [0.25, 0.3) is 0 Å². The first-order chi connectivity index (χ1) is 16.3. The lowest BCUT2D eigenvalue weighted by atomic mass is 10.1. The van der Waals surface area contributed by atoms with Gasteiger partial charge < -0.3 is 14.8 Å². The summed E-state index contributed by atoms with van der Waals surface area (Å²) < 4.78 is 16.7. The first-order valence-corrected chi connectivity index (χ1v) is 13.8. The SMILES string of the molecule is C=Cc1c(C[C@H](C)NC(=O)OC(C)(C)C)sc2c(N(Cc3cccs3)C(=O)OC(C)(C)C)snc12. The van der Waals surface area contributed by atoms with Crippen LogP contribution in [-0.4, -0.2) is 33.8 Å². The van der Waals surface area contributed by atoms with E-state index in [0.717, 1.165) is 30.5 Å². The maximum Gasteiger partial charge on any atom is 0.415 e. The number of hydrogen-bond acceptors (Lipinski definition) is 8. The minimum atomic E-state index is -0.621. The molecule has 1 atom stereocenters. The Kier molecular flexibility index (Phi) is 8.28. The summed E-state index contributed by atoms with van der Waals surface area (Å²) in [6.07, 6.45) is 1.51. The van der Waals surface area contributed by atoms with Crippen molar-refractivity contribution in [1.29, 1.82) is 0 Å². The number of amides is 2. The molecular formula is C25H33N3O4S3. The van der Waals surface area contributed by atoms with Crippen LogP contribution in [0.5, 0.6) is 0 Å². The zero-order valence-corrected chi connectivity index (χ0v) is 23.7. The molecule has 35 heavy (non-hydrogen) atoms. The van der Waals surface area contributed by atoms with Gasteiger partial charge in [-0.2, -0.15) is 4.37 Å². The van der Waals surface area contributed by atoms with Crippen LogP contribution in [0.4, 0.5) is 14.6 Å². The number of ether oxygens (including phenoxy) is 2. The molecular weight excluding hydrogens is 502 g/mol. The molecule has 2 amide bonds. The lowest BCUT2D eigenvalue weighted by Crippen LogP contribution is -2.38. The van der Waals surface area contributed by atoms with Crippen molar-refractivity contribution in [2.45, 2.75) is 78.7 Å². The second kappa shape index (κ2) is 10.7. The lowest BCUT2D eigenvalue weighted by molar-refractivity contribution is 0.0507. The Balaban J connectivity index is 1.91. The molecule has 0 fully saturated rings. The maximum absolute atomic E-state index is 13.2. The Labute approximate surface area is 218 Å². The number of hydrogen-bond donors (Lipinski definition) is 1. The van der Waals surface area contributed by atoms with Crippen LogP contribution in [0.2, 0.25) is 0 Å². The van der Waals surface area contributed by atoms with Crippen LogP contribution in [0.15, 0.2) is 24.1 Å². The zero-order chi connectivity index (χ0) is 26.0. The van der Waals surface area contributed by atoms with Crippen molar-refractivity contribution in [3.05, 3.63) is 39.4 Å². The van der Waals surface area contributed by atoms with Gasteiger partial charge in [0.2, 0.25) is 0 Å². The molecule has 0 saturated carbocycles. The molecule has 3 aromatic rings. The van der Waals surface area contributed by atoms with E-state index in [1.54, 1.807) is 33.6 Å². The lowest BCUT2D eigenvalue weighted by Gasteiger charge is -2.26. The van der Waals surface area contributed by atoms with Crippen molar-refractivity contribution in [2.24, 2.45) is 0 Å². The van der Waals surface area contributed by atoms with Crippen molar-refractivity contribution < 1.29 is 19.1 Å². The van der Waals surface area contributed by atoms with Gasteiger partial charge in [0.05, 0.1) is 11.2 Å². The molecule has 0 spiro atoms. The molecule has 0 aromatic carbocycles. The number of anilines is 1. The first-order valence-electron chi connectivity index (χ1n) is 11.3. The standard InChI is InChI=1S/C25H33N3O4S3/c1-9-17-18(13-15(2)26-22(29)31-24(3,4)5)34-20-19(17)27-35-21(20)28(14-16-11-10-12-33-16)23(30)32-25(6,7)8/h9-12,15H,1,13-14H2,2-8H3,(H,26,29)/t15-/m0/s1. The number of fused-ring (bicyclic) bond motifs is 1. The van der Waals surface area contributed by atoms with E-state index in [9.17, 15) is 9.59 Å². The molecule has 0 aliphatic carbocycles. The van der Waals surface area contributed by atoms with Gasteiger partial charge in [-0.15, -0.1) is 22.7 Å². The number of aromatic nitrogens is 1. The second-order valence-corrected chi connectivity index (χ2v) is 13.1. The molecule has 3 heterocycles. The third-order valence-electron chi connectivity index (χ3n) is 4.63. The monoisotopic (exact) mass is 535 g/mol. The molecule has 3 rings (SSSR count). The van der Waals surface area contributed by atoms with Crippen molar-refractivity contribution in [2.75, 3.05) is 4.90 Å². The summed E-state index contributed by atoms with van der Waals surface area (Å²) in [7, 11) is 0. The summed E-state index contributed by atoms with van der Waals surface area (Å²) in [6, 6.07) is 3.80. The highest BCUT2D eigenvalue weighted by Crippen LogP contribution is 2.42. The molecule has 3 aromatic heterocycles. The highest BCUT2D eigenvalue weighted by Gasteiger charge is 2.29. The van der Waals surface area contributed by atoms with Crippen LogP contribution in [0.1, 0.15) is 63.8 Å². The topological polar surface area (TPSA) is 80.8 Å². The van der Waals surface area contributed by atoms with Crippen LogP contribution in [0.3, 0.4) is 0 Å². The molecule has 1 N–H and O–H groups in total. The van der Waals surface area contributed by atoms with Gasteiger partial charge in [-0.3, -0.25) is 4.90 Å². The summed E-state index contributed by atoms with van der Waals surface area (Å²) >= 11 is 4.44. The predicted molar refractivity (Wildman–Crippen MR) is 147 cm³/mol. The van der Waals surface area contributed by atoms with E-state index < -0.39 is 23.4 Å². The number of thiophene rings is 2. The van der Waals surface area contributed by atoms with E-state index in [0.29, 0.717) is 13.0 Å². The molecule has 0 unspecified atom stereocenters. The van der Waals surface area contributed by atoms with Crippen LogP contribution >= 0.6 is 34.2 Å². The van der Waals surface area contributed by atoms with Gasteiger partial charge in [-0.05, 0) is 71.4 Å². The molecule has 0 aliphatic heterocycles. The third kappa shape index (κ3) is 7.28. The van der Waals surface area contributed by atoms with Gasteiger partial charge in [-0.1, -0.05) is 18.7 Å². The van der Waals surface area contributed by atoms with Gasteiger partial charge in [0.1, 0.15) is 21.7 Å². The Morgan fingerprint density at radius 1 is 1.20 bits per heavy atom. The van der Waals surface area contributed by atoms with Gasteiger partial charge in [0, 0.05) is 27.8 Å². The van der Waals surface area contributed by atoms with Gasteiger partial charge >= 0.3 is 12.2 Å². The number of alkyl carbamates (subject to hydrolysis) is 1. The number of carbonyl (C=O) groups excluding carboxylic acids is 2. The Bertz CT molecular complexity index is 1180. The number of rotatable bonds is 7. The smallest absolute Gasteiger partial charge is 0.415 e. The molecule has 190 valence electrons. The van der Waals surface area contributed by atoms with Crippen molar-refractivity contribution >= 4 is 67.7 Å². The fourth-order valence-corrected chi connectivity index (χ4v) is 6.40.